The summed E-state index contributed by atoms with van der Waals surface area (Å²) in [6, 6.07) is 11.1. The second-order valence-corrected chi connectivity index (χ2v) is 9.34. The van der Waals surface area contributed by atoms with E-state index in [2.05, 4.69) is 61.1 Å². The van der Waals surface area contributed by atoms with E-state index in [0.29, 0.717) is 5.84 Å². The van der Waals surface area contributed by atoms with Gasteiger partial charge >= 0.3 is 0 Å². The topological polar surface area (TPSA) is 76.4 Å². The second-order valence-electron chi connectivity index (χ2n) is 8.18. The highest BCUT2D eigenvalue weighted by atomic mass is 32.1. The maximum Gasteiger partial charge on any atom is 0.128 e. The highest BCUT2D eigenvalue weighted by molar-refractivity contribution is 7.19. The summed E-state index contributed by atoms with van der Waals surface area (Å²) in [7, 11) is 0. The van der Waals surface area contributed by atoms with E-state index < -0.39 is 0 Å². The third-order valence-corrected chi connectivity index (χ3v) is 6.89. The molecule has 1 aliphatic carbocycles. The number of hydrogen-bond acceptors (Lipinski definition) is 4. The predicted octanol–water partition coefficient (Wildman–Crippen LogP) is 6.38. The van der Waals surface area contributed by atoms with Crippen molar-refractivity contribution in [2.45, 2.75) is 65.2 Å². The summed E-state index contributed by atoms with van der Waals surface area (Å²) in [6.45, 7) is 10.3. The zero-order chi connectivity index (χ0) is 22.5. The summed E-state index contributed by atoms with van der Waals surface area (Å²) in [4.78, 5) is 5.46. The molecule has 5 N–H and O–H groups in total. The lowest BCUT2D eigenvalue weighted by Crippen LogP contribution is -2.21. The molecule has 0 radical (unpaired) electrons. The number of nitrogens with two attached hydrogens (primary N) is 2. The summed E-state index contributed by atoms with van der Waals surface area (Å²) in [6.07, 6.45) is 10.7. The third kappa shape index (κ3) is 8.50. The van der Waals surface area contributed by atoms with E-state index in [1.165, 1.54) is 42.0 Å². The van der Waals surface area contributed by atoms with Crippen LogP contribution in [-0.2, 0) is 6.42 Å². The zero-order valence-electron chi connectivity index (χ0n) is 19.3. The maximum atomic E-state index is 5.79. The molecular formula is C26H42N4S. The molecule has 1 unspecified atom stereocenters. The number of nitrogens with zero attached hydrogens (tertiary/aromatic N) is 1. The molecule has 5 heteroatoms. The van der Waals surface area contributed by atoms with Gasteiger partial charge in [0.1, 0.15) is 5.84 Å². The molecule has 1 aromatic heterocycles. The number of thiophene rings is 1. The van der Waals surface area contributed by atoms with Crippen LogP contribution in [0.5, 0.6) is 0 Å². The number of fused-ring (bicyclic) bond motifs is 1. The minimum atomic E-state index is 0. The Balaban J connectivity index is 0.000000342. The lowest BCUT2D eigenvalue weighted by Gasteiger charge is -2.16. The quantitative estimate of drug-likeness (QED) is 0.227. The van der Waals surface area contributed by atoms with Crippen LogP contribution in [-0.4, -0.2) is 18.9 Å². The van der Waals surface area contributed by atoms with Crippen LogP contribution in [0, 0.1) is 5.92 Å². The average Bonchev–Trinajstić information content (AvgIpc) is 3.19. The van der Waals surface area contributed by atoms with Gasteiger partial charge in [0.2, 0.25) is 0 Å². The van der Waals surface area contributed by atoms with Crippen LogP contribution in [0.4, 0.5) is 0 Å². The molecule has 0 bridgehead atoms. The number of aliphatic imine (C=N–C) groups is 1. The maximum absolute atomic E-state index is 5.79. The fourth-order valence-electron chi connectivity index (χ4n) is 3.88. The van der Waals surface area contributed by atoms with Crippen molar-refractivity contribution in [3.05, 3.63) is 59.3 Å². The summed E-state index contributed by atoms with van der Waals surface area (Å²) in [5, 5.41) is 4.92. The minimum absolute atomic E-state index is 0. The van der Waals surface area contributed by atoms with Crippen molar-refractivity contribution in [1.82, 2.24) is 5.32 Å². The largest absolute Gasteiger partial charge is 0.402 e. The van der Waals surface area contributed by atoms with Gasteiger partial charge in [-0.1, -0.05) is 45.0 Å². The van der Waals surface area contributed by atoms with E-state index in [0.717, 1.165) is 56.0 Å². The van der Waals surface area contributed by atoms with Crippen molar-refractivity contribution >= 4 is 27.3 Å². The Morgan fingerprint density at radius 2 is 2.03 bits per heavy atom. The SMILES string of the molecule is C=CN=C(N)C1=C(N)CCCC1.CCCNCCC(CC)Cc1cc2ccccc2s1.[HH]. The fraction of sp³-hybridized carbons (Fsp3) is 0.500. The number of hydrogen-bond donors (Lipinski definition) is 3. The summed E-state index contributed by atoms with van der Waals surface area (Å²) >= 11 is 1.96. The van der Waals surface area contributed by atoms with Crippen LogP contribution in [0.2, 0.25) is 0 Å². The van der Waals surface area contributed by atoms with E-state index in [1.54, 1.807) is 4.88 Å². The van der Waals surface area contributed by atoms with E-state index in [1.807, 2.05) is 11.3 Å². The van der Waals surface area contributed by atoms with Crippen LogP contribution in [0.1, 0.15) is 65.1 Å². The molecule has 0 saturated carbocycles. The number of nitrogens with one attached hydrogen (secondary N) is 1. The van der Waals surface area contributed by atoms with Crippen molar-refractivity contribution in [3.8, 4) is 0 Å². The fourth-order valence-corrected chi connectivity index (χ4v) is 5.06. The van der Waals surface area contributed by atoms with Gasteiger partial charge < -0.3 is 16.8 Å². The highest BCUT2D eigenvalue weighted by Crippen LogP contribution is 2.28. The molecule has 1 atom stereocenters. The first kappa shape index (κ1) is 25.2. The van der Waals surface area contributed by atoms with Gasteiger partial charge in [0.25, 0.3) is 0 Å². The molecule has 4 nitrogen and oxygen atoms in total. The Morgan fingerprint density at radius 3 is 2.71 bits per heavy atom. The van der Waals surface area contributed by atoms with Crippen LogP contribution < -0.4 is 16.8 Å². The minimum Gasteiger partial charge on any atom is -0.402 e. The van der Waals surface area contributed by atoms with Crippen molar-refractivity contribution in [2.75, 3.05) is 13.1 Å². The van der Waals surface area contributed by atoms with Gasteiger partial charge in [-0.2, -0.15) is 0 Å². The molecule has 3 rings (SSSR count). The van der Waals surface area contributed by atoms with Gasteiger partial charge in [0.05, 0.1) is 0 Å². The normalized spacial score (nSPS) is 15.5. The van der Waals surface area contributed by atoms with Gasteiger partial charge in [-0.25, -0.2) is 4.99 Å². The molecule has 1 heterocycles. The monoisotopic (exact) mass is 442 g/mol. The molecule has 1 aromatic carbocycles. The summed E-state index contributed by atoms with van der Waals surface area (Å²) in [5.41, 5.74) is 13.4. The van der Waals surface area contributed by atoms with E-state index in [9.17, 15) is 0 Å². The second kappa shape index (κ2) is 14.0. The number of benzene rings is 1. The van der Waals surface area contributed by atoms with Gasteiger partial charge in [0, 0.05) is 28.5 Å². The Kier molecular flexibility index (Phi) is 11.4. The Labute approximate surface area is 194 Å². The molecule has 0 saturated heterocycles. The number of allylic oxidation sites excluding steroid dienone is 1. The molecule has 0 fully saturated rings. The van der Waals surface area contributed by atoms with Crippen molar-refractivity contribution in [2.24, 2.45) is 22.4 Å². The third-order valence-electron chi connectivity index (χ3n) is 5.75. The smallest absolute Gasteiger partial charge is 0.128 e. The van der Waals surface area contributed by atoms with Gasteiger partial charge in [-0.3, -0.25) is 0 Å². The summed E-state index contributed by atoms with van der Waals surface area (Å²) < 4.78 is 1.43. The van der Waals surface area contributed by atoms with E-state index in [-0.39, 0.29) is 1.43 Å². The van der Waals surface area contributed by atoms with Crippen molar-refractivity contribution < 1.29 is 1.43 Å². The first-order valence-corrected chi connectivity index (χ1v) is 12.5. The Hall–Kier alpha value is -2.11. The summed E-state index contributed by atoms with van der Waals surface area (Å²) in [5.74, 6) is 1.35. The van der Waals surface area contributed by atoms with Crippen LogP contribution in [0.3, 0.4) is 0 Å². The number of amidine groups is 1. The standard InChI is InChI=1S/C17H25NS.C9H15N3.H2/c1-3-10-18-11-9-14(4-2)12-16-13-15-7-5-6-8-17(15)19-16;1-2-12-9(11)7-5-3-4-6-8(7)10;/h5-8,13-14,18H,3-4,9-12H2,1-2H3;2H,1,3-6,10H2,(H2,11,12);1H. The molecule has 2 aromatic rings. The number of rotatable bonds is 10. The molecule has 0 amide bonds. The van der Waals surface area contributed by atoms with Crippen LogP contribution in [0.15, 0.2) is 59.4 Å². The van der Waals surface area contributed by atoms with E-state index in [4.69, 9.17) is 11.5 Å². The van der Waals surface area contributed by atoms with Gasteiger partial charge in [-0.05, 0) is 81.5 Å². The lowest BCUT2D eigenvalue weighted by atomic mass is 9.96. The molecular weight excluding hydrogens is 400 g/mol. The first-order valence-electron chi connectivity index (χ1n) is 11.7. The van der Waals surface area contributed by atoms with Crippen LogP contribution >= 0.6 is 11.3 Å². The van der Waals surface area contributed by atoms with Crippen molar-refractivity contribution in [3.63, 3.8) is 0 Å². The van der Waals surface area contributed by atoms with Gasteiger partial charge in [0.15, 0.2) is 0 Å². The van der Waals surface area contributed by atoms with E-state index >= 15 is 0 Å². The molecule has 1 aliphatic rings. The van der Waals surface area contributed by atoms with Gasteiger partial charge in [-0.15, -0.1) is 11.3 Å². The molecule has 0 spiro atoms. The molecule has 172 valence electrons. The highest BCUT2D eigenvalue weighted by Gasteiger charge is 2.12. The predicted molar refractivity (Wildman–Crippen MR) is 141 cm³/mol. The molecule has 0 aliphatic heterocycles. The molecule has 31 heavy (non-hydrogen) atoms. The zero-order valence-corrected chi connectivity index (χ0v) is 20.1. The van der Waals surface area contributed by atoms with Crippen LogP contribution in [0.25, 0.3) is 10.1 Å². The van der Waals surface area contributed by atoms with Crippen molar-refractivity contribution in [1.29, 1.82) is 0 Å². The average molecular weight is 443 g/mol. The first-order chi connectivity index (χ1) is 15.1. The Morgan fingerprint density at radius 1 is 1.26 bits per heavy atom. The lowest BCUT2D eigenvalue weighted by molar-refractivity contribution is 0.452. The Bertz CT molecular complexity index is 833.